The fraction of sp³-hybridized carbons (Fsp3) is 0.188. The summed E-state index contributed by atoms with van der Waals surface area (Å²) in [7, 11) is -1.13. The molecule has 26 heavy (non-hydrogen) atoms. The highest BCUT2D eigenvalue weighted by Crippen LogP contribution is 2.27. The molecule has 138 valence electrons. The summed E-state index contributed by atoms with van der Waals surface area (Å²) in [5.41, 5.74) is 0.479. The van der Waals surface area contributed by atoms with Crippen molar-refractivity contribution in [1.82, 2.24) is 4.31 Å². The second-order valence-corrected chi connectivity index (χ2v) is 8.12. The Bertz CT molecular complexity index is 989. The molecule has 1 amide bonds. The van der Waals surface area contributed by atoms with Crippen LogP contribution in [-0.4, -0.2) is 37.6 Å². The summed E-state index contributed by atoms with van der Waals surface area (Å²) in [5.74, 6) is -0.611. The fourth-order valence-corrected chi connectivity index (χ4v) is 3.58. The lowest BCUT2D eigenvalue weighted by atomic mass is 10.1. The van der Waals surface area contributed by atoms with Gasteiger partial charge in [0.25, 0.3) is 11.6 Å². The van der Waals surface area contributed by atoms with Crippen LogP contribution in [0, 0.1) is 17.0 Å². The Morgan fingerprint density at radius 3 is 2.46 bits per heavy atom. The van der Waals surface area contributed by atoms with E-state index in [1.165, 1.54) is 57.4 Å². The first kappa shape index (κ1) is 19.8. The van der Waals surface area contributed by atoms with Gasteiger partial charge in [0, 0.05) is 25.7 Å². The van der Waals surface area contributed by atoms with Crippen LogP contribution in [0.4, 0.5) is 11.4 Å². The highest BCUT2D eigenvalue weighted by atomic mass is 35.5. The molecular formula is C16H16ClN3O5S. The molecule has 0 unspecified atom stereocenters. The van der Waals surface area contributed by atoms with E-state index in [9.17, 15) is 23.3 Å². The molecule has 0 saturated heterocycles. The van der Waals surface area contributed by atoms with Crippen LogP contribution in [0.3, 0.4) is 0 Å². The fourth-order valence-electron chi connectivity index (χ4n) is 2.19. The molecule has 0 spiro atoms. The van der Waals surface area contributed by atoms with Crippen molar-refractivity contribution in [2.75, 3.05) is 19.4 Å². The summed E-state index contributed by atoms with van der Waals surface area (Å²) in [5, 5.41) is 13.5. The van der Waals surface area contributed by atoms with E-state index in [1.54, 1.807) is 0 Å². The molecule has 0 heterocycles. The number of anilines is 1. The topological polar surface area (TPSA) is 110 Å². The smallest absolute Gasteiger partial charge is 0.274 e. The van der Waals surface area contributed by atoms with E-state index in [0.29, 0.717) is 5.56 Å². The molecule has 0 aliphatic heterocycles. The molecule has 0 fully saturated rings. The van der Waals surface area contributed by atoms with Crippen molar-refractivity contribution in [1.29, 1.82) is 0 Å². The van der Waals surface area contributed by atoms with Crippen LogP contribution in [0.1, 0.15) is 15.9 Å². The highest BCUT2D eigenvalue weighted by Gasteiger charge is 2.23. The lowest BCUT2D eigenvalue weighted by Gasteiger charge is -2.14. The SMILES string of the molecule is Cc1c(NC(=O)c2ccc(Cl)c(S(=O)(=O)N(C)C)c2)cccc1[N+](=O)[O-]. The Labute approximate surface area is 155 Å². The molecular weight excluding hydrogens is 382 g/mol. The molecule has 0 aliphatic carbocycles. The van der Waals surface area contributed by atoms with Crippen LogP contribution in [0.2, 0.25) is 5.02 Å². The number of nitrogens with zero attached hydrogens (tertiary/aromatic N) is 2. The summed E-state index contributed by atoms with van der Waals surface area (Å²) in [6.07, 6.45) is 0. The van der Waals surface area contributed by atoms with Crippen molar-refractivity contribution in [2.45, 2.75) is 11.8 Å². The normalized spacial score (nSPS) is 11.4. The number of carbonyl (C=O) groups is 1. The lowest BCUT2D eigenvalue weighted by Crippen LogP contribution is -2.23. The third-order valence-electron chi connectivity index (χ3n) is 3.70. The number of sulfonamides is 1. The number of nitrogens with one attached hydrogen (secondary N) is 1. The molecule has 8 nitrogen and oxygen atoms in total. The maximum Gasteiger partial charge on any atom is 0.274 e. The van der Waals surface area contributed by atoms with Crippen molar-refractivity contribution in [2.24, 2.45) is 0 Å². The molecule has 1 N–H and O–H groups in total. The van der Waals surface area contributed by atoms with Crippen LogP contribution in [0.15, 0.2) is 41.3 Å². The monoisotopic (exact) mass is 397 g/mol. The van der Waals surface area contributed by atoms with E-state index in [4.69, 9.17) is 11.6 Å². The van der Waals surface area contributed by atoms with Gasteiger partial charge in [-0.3, -0.25) is 14.9 Å². The van der Waals surface area contributed by atoms with Crippen LogP contribution in [0.25, 0.3) is 0 Å². The Hall–Kier alpha value is -2.49. The quantitative estimate of drug-likeness (QED) is 0.615. The molecule has 2 rings (SSSR count). The largest absolute Gasteiger partial charge is 0.321 e. The van der Waals surface area contributed by atoms with E-state index in [0.717, 1.165) is 4.31 Å². The van der Waals surface area contributed by atoms with Gasteiger partial charge in [-0.05, 0) is 31.2 Å². The summed E-state index contributed by atoms with van der Waals surface area (Å²) in [6, 6.07) is 8.15. The van der Waals surface area contributed by atoms with Crippen LogP contribution < -0.4 is 5.32 Å². The van der Waals surface area contributed by atoms with Crippen molar-refractivity contribution < 1.29 is 18.1 Å². The number of amides is 1. The maximum atomic E-state index is 12.5. The minimum absolute atomic E-state index is 0.0122. The third kappa shape index (κ3) is 3.85. The van der Waals surface area contributed by atoms with Gasteiger partial charge in [-0.15, -0.1) is 0 Å². The number of nitro benzene ring substituents is 1. The number of hydrogen-bond donors (Lipinski definition) is 1. The van der Waals surface area contributed by atoms with Gasteiger partial charge in [-0.2, -0.15) is 0 Å². The summed E-state index contributed by atoms with van der Waals surface area (Å²) in [4.78, 5) is 22.7. The number of hydrogen-bond acceptors (Lipinski definition) is 5. The zero-order valence-corrected chi connectivity index (χ0v) is 15.8. The van der Waals surface area contributed by atoms with E-state index in [1.807, 2.05) is 0 Å². The Morgan fingerprint density at radius 2 is 1.88 bits per heavy atom. The van der Waals surface area contributed by atoms with Crippen LogP contribution in [0.5, 0.6) is 0 Å². The number of halogens is 1. The van der Waals surface area contributed by atoms with Crippen molar-refractivity contribution >= 4 is 38.9 Å². The Balaban J connectivity index is 2.41. The number of carbonyl (C=O) groups excluding carboxylic acids is 1. The minimum Gasteiger partial charge on any atom is -0.321 e. The number of rotatable bonds is 5. The molecule has 0 saturated carbocycles. The second kappa shape index (κ2) is 7.40. The Morgan fingerprint density at radius 1 is 1.23 bits per heavy atom. The third-order valence-corrected chi connectivity index (χ3v) is 6.00. The average Bonchev–Trinajstić information content (AvgIpc) is 2.56. The van der Waals surface area contributed by atoms with Crippen molar-refractivity contribution in [3.63, 3.8) is 0 Å². The molecule has 0 aliphatic rings. The standard InChI is InChI=1S/C16H16ClN3O5S/c1-10-13(5-4-6-14(10)20(22)23)18-16(21)11-7-8-12(17)15(9-11)26(24,25)19(2)3/h4-9H,1-3H3,(H,18,21). The first-order valence-electron chi connectivity index (χ1n) is 7.33. The summed E-state index contributed by atoms with van der Waals surface area (Å²) >= 11 is 5.96. The molecule has 0 aromatic heterocycles. The van der Waals surface area contributed by atoms with Crippen LogP contribution >= 0.6 is 11.6 Å². The van der Waals surface area contributed by atoms with Gasteiger partial charge in [0.2, 0.25) is 10.0 Å². The molecule has 0 atom stereocenters. The van der Waals surface area contributed by atoms with Gasteiger partial charge >= 0.3 is 0 Å². The van der Waals surface area contributed by atoms with Gasteiger partial charge in [-0.25, -0.2) is 12.7 Å². The zero-order valence-electron chi connectivity index (χ0n) is 14.2. The van der Waals surface area contributed by atoms with Gasteiger partial charge in [0.05, 0.1) is 21.2 Å². The summed E-state index contributed by atoms with van der Waals surface area (Å²) in [6.45, 7) is 1.51. The first-order valence-corrected chi connectivity index (χ1v) is 9.15. The van der Waals surface area contributed by atoms with Gasteiger partial charge in [0.1, 0.15) is 4.90 Å². The Kier molecular flexibility index (Phi) is 5.65. The second-order valence-electron chi connectivity index (χ2n) is 5.59. The predicted octanol–water partition coefficient (Wildman–Crippen LogP) is 3.06. The number of nitro groups is 1. The molecule has 0 bridgehead atoms. The average molecular weight is 398 g/mol. The van der Waals surface area contributed by atoms with Crippen molar-refractivity contribution in [3.8, 4) is 0 Å². The van der Waals surface area contributed by atoms with E-state index < -0.39 is 20.9 Å². The van der Waals surface area contributed by atoms with Gasteiger partial charge in [0.15, 0.2) is 0 Å². The minimum atomic E-state index is -3.83. The van der Waals surface area contributed by atoms with E-state index in [2.05, 4.69) is 5.32 Å². The lowest BCUT2D eigenvalue weighted by molar-refractivity contribution is -0.385. The highest BCUT2D eigenvalue weighted by molar-refractivity contribution is 7.89. The maximum absolute atomic E-state index is 12.5. The van der Waals surface area contributed by atoms with Gasteiger partial charge < -0.3 is 5.32 Å². The van der Waals surface area contributed by atoms with Crippen molar-refractivity contribution in [3.05, 3.63) is 62.7 Å². The zero-order chi connectivity index (χ0) is 19.6. The van der Waals surface area contributed by atoms with E-state index >= 15 is 0 Å². The summed E-state index contributed by atoms with van der Waals surface area (Å²) < 4.78 is 25.6. The predicted molar refractivity (Wildman–Crippen MR) is 98.1 cm³/mol. The van der Waals surface area contributed by atoms with Crippen LogP contribution in [-0.2, 0) is 10.0 Å². The van der Waals surface area contributed by atoms with Gasteiger partial charge in [-0.1, -0.05) is 17.7 Å². The molecule has 2 aromatic rings. The number of benzene rings is 2. The molecule has 10 heteroatoms. The molecule has 0 radical (unpaired) electrons. The molecule has 2 aromatic carbocycles. The first-order chi connectivity index (χ1) is 12.1. The van der Waals surface area contributed by atoms with E-state index in [-0.39, 0.29) is 26.9 Å².